The fourth-order valence-electron chi connectivity index (χ4n) is 0.765. The minimum Gasteiger partial charge on any atom is -0.399 e. The second kappa shape index (κ2) is 2.64. The SMILES string of the molecule is COC1(Cl)C=CC(N)=CC1. The van der Waals surface area contributed by atoms with Crippen LogP contribution in [0.4, 0.5) is 0 Å². The number of rotatable bonds is 1. The van der Waals surface area contributed by atoms with E-state index < -0.39 is 5.06 Å². The minimum absolute atomic E-state index is 0.632. The van der Waals surface area contributed by atoms with E-state index in [1.54, 1.807) is 19.3 Å². The Morgan fingerprint density at radius 1 is 1.80 bits per heavy atom. The van der Waals surface area contributed by atoms with Crippen LogP contribution in [0, 0.1) is 0 Å². The molecule has 1 aliphatic carbocycles. The number of hydrogen-bond acceptors (Lipinski definition) is 2. The molecule has 0 aromatic rings. The molecule has 0 saturated carbocycles. The average molecular weight is 160 g/mol. The number of alkyl halides is 1. The summed E-state index contributed by atoms with van der Waals surface area (Å²) >= 11 is 5.92. The van der Waals surface area contributed by atoms with E-state index in [0.29, 0.717) is 6.42 Å². The first-order chi connectivity index (χ1) is 4.66. The summed E-state index contributed by atoms with van der Waals surface area (Å²) in [7, 11) is 1.58. The molecule has 0 spiro atoms. The van der Waals surface area contributed by atoms with Crippen LogP contribution in [0.15, 0.2) is 23.9 Å². The molecule has 1 atom stereocenters. The van der Waals surface area contributed by atoms with E-state index in [-0.39, 0.29) is 0 Å². The number of methoxy groups -OCH3 is 1. The molecule has 0 heterocycles. The Morgan fingerprint density at radius 3 is 2.90 bits per heavy atom. The topological polar surface area (TPSA) is 35.2 Å². The normalized spacial score (nSPS) is 32.0. The van der Waals surface area contributed by atoms with E-state index in [9.17, 15) is 0 Å². The van der Waals surface area contributed by atoms with Gasteiger partial charge in [-0.25, -0.2) is 0 Å². The highest BCUT2D eigenvalue weighted by Crippen LogP contribution is 2.26. The van der Waals surface area contributed by atoms with Gasteiger partial charge in [0.15, 0.2) is 5.06 Å². The van der Waals surface area contributed by atoms with Crippen LogP contribution in [0.3, 0.4) is 0 Å². The number of halogens is 1. The maximum absolute atomic E-state index is 5.92. The molecule has 0 amide bonds. The van der Waals surface area contributed by atoms with Gasteiger partial charge >= 0.3 is 0 Å². The quantitative estimate of drug-likeness (QED) is 0.587. The molecule has 0 bridgehead atoms. The lowest BCUT2D eigenvalue weighted by atomic mass is 10.1. The molecular weight excluding hydrogens is 150 g/mol. The van der Waals surface area contributed by atoms with Crippen LogP contribution in [-0.2, 0) is 4.74 Å². The Hall–Kier alpha value is -0.470. The van der Waals surface area contributed by atoms with Crippen LogP contribution < -0.4 is 5.73 Å². The van der Waals surface area contributed by atoms with Crippen molar-refractivity contribution in [1.29, 1.82) is 0 Å². The van der Waals surface area contributed by atoms with Gasteiger partial charge in [0.25, 0.3) is 0 Å². The number of allylic oxidation sites excluding steroid dienone is 1. The molecule has 0 radical (unpaired) electrons. The first kappa shape index (κ1) is 7.63. The van der Waals surface area contributed by atoms with Gasteiger partial charge in [0.1, 0.15) is 0 Å². The van der Waals surface area contributed by atoms with Crippen molar-refractivity contribution in [2.75, 3.05) is 7.11 Å². The highest BCUT2D eigenvalue weighted by atomic mass is 35.5. The van der Waals surface area contributed by atoms with Gasteiger partial charge in [-0.1, -0.05) is 17.7 Å². The van der Waals surface area contributed by atoms with E-state index in [0.717, 1.165) is 5.70 Å². The summed E-state index contributed by atoms with van der Waals surface area (Å²) in [5, 5.41) is -0.664. The Labute approximate surface area is 65.3 Å². The summed E-state index contributed by atoms with van der Waals surface area (Å²) in [6.45, 7) is 0. The van der Waals surface area contributed by atoms with Crippen LogP contribution in [0.25, 0.3) is 0 Å². The zero-order valence-electron chi connectivity index (χ0n) is 5.80. The lowest BCUT2D eigenvalue weighted by Gasteiger charge is -2.22. The smallest absolute Gasteiger partial charge is 0.164 e. The summed E-state index contributed by atoms with van der Waals surface area (Å²) in [4.78, 5) is 0. The molecule has 0 aromatic carbocycles. The van der Waals surface area contributed by atoms with E-state index in [2.05, 4.69) is 0 Å². The van der Waals surface area contributed by atoms with Crippen molar-refractivity contribution in [1.82, 2.24) is 0 Å². The molecule has 2 N–H and O–H groups in total. The van der Waals surface area contributed by atoms with Crippen molar-refractivity contribution in [2.24, 2.45) is 5.73 Å². The fraction of sp³-hybridized carbons (Fsp3) is 0.429. The van der Waals surface area contributed by atoms with Crippen molar-refractivity contribution in [3.05, 3.63) is 23.9 Å². The van der Waals surface area contributed by atoms with E-state index in [1.807, 2.05) is 6.08 Å². The Morgan fingerprint density at radius 2 is 2.50 bits per heavy atom. The molecule has 0 saturated heterocycles. The minimum atomic E-state index is -0.664. The van der Waals surface area contributed by atoms with Crippen molar-refractivity contribution < 1.29 is 4.74 Å². The molecule has 0 aromatic heterocycles. The van der Waals surface area contributed by atoms with Crippen LogP contribution in [0.1, 0.15) is 6.42 Å². The van der Waals surface area contributed by atoms with E-state index in [1.165, 1.54) is 0 Å². The molecule has 1 rings (SSSR count). The first-order valence-electron chi connectivity index (χ1n) is 3.05. The standard InChI is InChI=1S/C7H10ClNO/c1-10-7(8)4-2-6(9)3-5-7/h2-4H,5,9H2,1H3. The monoisotopic (exact) mass is 159 g/mol. The lowest BCUT2D eigenvalue weighted by molar-refractivity contribution is 0.106. The Kier molecular flexibility index (Phi) is 2.02. The van der Waals surface area contributed by atoms with Gasteiger partial charge in [-0.05, 0) is 12.2 Å². The van der Waals surface area contributed by atoms with Gasteiger partial charge in [0, 0.05) is 19.2 Å². The second-order valence-electron chi connectivity index (χ2n) is 2.23. The summed E-state index contributed by atoms with van der Waals surface area (Å²) in [6.07, 6.45) is 5.98. The van der Waals surface area contributed by atoms with Crippen molar-refractivity contribution >= 4 is 11.6 Å². The second-order valence-corrected chi connectivity index (χ2v) is 2.87. The molecule has 1 unspecified atom stereocenters. The molecule has 10 heavy (non-hydrogen) atoms. The van der Waals surface area contributed by atoms with Crippen molar-refractivity contribution in [2.45, 2.75) is 11.5 Å². The molecule has 0 fully saturated rings. The van der Waals surface area contributed by atoms with E-state index >= 15 is 0 Å². The highest BCUT2D eigenvalue weighted by molar-refractivity contribution is 6.24. The maximum atomic E-state index is 5.92. The van der Waals surface area contributed by atoms with Gasteiger partial charge in [0.2, 0.25) is 0 Å². The maximum Gasteiger partial charge on any atom is 0.164 e. The Balaban J connectivity index is 2.67. The third kappa shape index (κ3) is 1.52. The van der Waals surface area contributed by atoms with E-state index in [4.69, 9.17) is 22.1 Å². The molecule has 1 aliphatic rings. The van der Waals surface area contributed by atoms with Crippen LogP contribution in [-0.4, -0.2) is 12.2 Å². The number of nitrogens with two attached hydrogens (primary N) is 1. The van der Waals surface area contributed by atoms with Gasteiger partial charge < -0.3 is 10.5 Å². The zero-order valence-corrected chi connectivity index (χ0v) is 6.56. The van der Waals surface area contributed by atoms with Gasteiger partial charge in [-0.15, -0.1) is 0 Å². The van der Waals surface area contributed by atoms with Crippen molar-refractivity contribution in [3.63, 3.8) is 0 Å². The lowest BCUT2D eigenvalue weighted by Crippen LogP contribution is -2.22. The number of hydrogen-bond donors (Lipinski definition) is 1. The molecule has 0 aliphatic heterocycles. The van der Waals surface area contributed by atoms with Crippen molar-refractivity contribution in [3.8, 4) is 0 Å². The predicted octanol–water partition coefficient (Wildman–Crippen LogP) is 1.37. The molecular formula is C7H10ClNO. The van der Waals surface area contributed by atoms with Crippen LogP contribution >= 0.6 is 11.6 Å². The van der Waals surface area contributed by atoms with Gasteiger partial charge in [-0.2, -0.15) is 0 Å². The third-order valence-electron chi connectivity index (χ3n) is 1.48. The average Bonchev–Trinajstić information content (AvgIpc) is 1.96. The summed E-state index contributed by atoms with van der Waals surface area (Å²) in [5.74, 6) is 0. The van der Waals surface area contributed by atoms with Crippen LogP contribution in [0.5, 0.6) is 0 Å². The third-order valence-corrected chi connectivity index (χ3v) is 1.91. The van der Waals surface area contributed by atoms with Gasteiger partial charge in [-0.3, -0.25) is 0 Å². The molecule has 3 heteroatoms. The summed E-state index contributed by atoms with van der Waals surface area (Å²) < 4.78 is 5.01. The van der Waals surface area contributed by atoms with Crippen LogP contribution in [0.2, 0.25) is 0 Å². The predicted molar refractivity (Wildman–Crippen MR) is 41.6 cm³/mol. The van der Waals surface area contributed by atoms with Gasteiger partial charge in [0.05, 0.1) is 0 Å². The first-order valence-corrected chi connectivity index (χ1v) is 3.43. The highest BCUT2D eigenvalue weighted by Gasteiger charge is 2.23. The largest absolute Gasteiger partial charge is 0.399 e. The zero-order chi connectivity index (χ0) is 7.61. The Bertz CT molecular complexity index is 188. The number of ether oxygens (including phenoxy) is 1. The summed E-state index contributed by atoms with van der Waals surface area (Å²) in [6, 6.07) is 0. The molecule has 2 nitrogen and oxygen atoms in total. The molecule has 56 valence electrons. The fourth-order valence-corrected chi connectivity index (χ4v) is 0.905. The summed E-state index contributed by atoms with van der Waals surface area (Å²) in [5.41, 5.74) is 6.21.